The highest BCUT2D eigenvalue weighted by Gasteiger charge is 2.18. The summed E-state index contributed by atoms with van der Waals surface area (Å²) >= 11 is 5.78. The van der Waals surface area contributed by atoms with E-state index in [1.54, 1.807) is 14.1 Å². The van der Waals surface area contributed by atoms with Gasteiger partial charge in [0.05, 0.1) is 16.5 Å². The lowest BCUT2D eigenvalue weighted by molar-refractivity contribution is -0.384. The number of rotatable bonds is 4. The van der Waals surface area contributed by atoms with Crippen LogP contribution >= 0.6 is 11.6 Å². The molecule has 1 amide bonds. The number of amides is 1. The molecule has 1 aromatic heterocycles. The van der Waals surface area contributed by atoms with Gasteiger partial charge in [-0.25, -0.2) is 0 Å². The fourth-order valence-corrected chi connectivity index (χ4v) is 1.28. The molecule has 0 saturated heterocycles. The van der Waals surface area contributed by atoms with Crippen LogP contribution in [0.15, 0.2) is 12.4 Å². The average molecular weight is 259 g/mol. The summed E-state index contributed by atoms with van der Waals surface area (Å²) in [5, 5.41) is 13.5. The number of nitrogens with zero attached hydrogens (tertiary/aromatic N) is 3. The first kappa shape index (κ1) is 13.2. The highest BCUT2D eigenvalue weighted by molar-refractivity contribution is 6.33. The smallest absolute Gasteiger partial charge is 0.311 e. The number of anilines is 1. The number of hydrogen-bond donors (Lipinski definition) is 1. The van der Waals surface area contributed by atoms with Crippen molar-refractivity contribution in [3.8, 4) is 0 Å². The highest BCUT2D eigenvalue weighted by Crippen LogP contribution is 2.30. The maximum absolute atomic E-state index is 11.3. The molecule has 92 valence electrons. The maximum Gasteiger partial charge on any atom is 0.311 e. The number of nitro groups is 1. The Morgan fingerprint density at radius 2 is 2.24 bits per heavy atom. The number of hydrogen-bond acceptors (Lipinski definition) is 5. The number of likely N-dealkylation sites (N-methyl/N-ethyl adjacent to an activating group) is 1. The first-order valence-electron chi connectivity index (χ1n) is 4.65. The van der Waals surface area contributed by atoms with Crippen LogP contribution < -0.4 is 5.32 Å². The van der Waals surface area contributed by atoms with Gasteiger partial charge in [0.1, 0.15) is 11.9 Å². The Balaban J connectivity index is 2.90. The number of carbonyl (C=O) groups is 1. The van der Waals surface area contributed by atoms with Crippen molar-refractivity contribution in [2.24, 2.45) is 0 Å². The van der Waals surface area contributed by atoms with Crippen LogP contribution in [-0.4, -0.2) is 41.4 Å². The quantitative estimate of drug-likeness (QED) is 0.646. The topological polar surface area (TPSA) is 88.4 Å². The Morgan fingerprint density at radius 1 is 1.59 bits per heavy atom. The van der Waals surface area contributed by atoms with Crippen molar-refractivity contribution in [3.05, 3.63) is 27.5 Å². The zero-order chi connectivity index (χ0) is 13.0. The number of carbonyl (C=O) groups excluding carboxylic acids is 1. The largest absolute Gasteiger partial charge is 0.369 e. The van der Waals surface area contributed by atoms with Crippen molar-refractivity contribution in [2.45, 2.75) is 0 Å². The fraction of sp³-hybridized carbons (Fsp3) is 0.333. The molecule has 0 aromatic carbocycles. The van der Waals surface area contributed by atoms with Crippen LogP contribution in [0, 0.1) is 10.1 Å². The summed E-state index contributed by atoms with van der Waals surface area (Å²) in [5.74, 6) is -0.216. The summed E-state index contributed by atoms with van der Waals surface area (Å²) in [4.78, 5) is 26.4. The number of halogens is 1. The predicted octanol–water partition coefficient (Wildman–Crippen LogP) is 1.14. The van der Waals surface area contributed by atoms with Gasteiger partial charge in [-0.1, -0.05) is 11.6 Å². The van der Waals surface area contributed by atoms with Gasteiger partial charge in [0, 0.05) is 20.3 Å². The summed E-state index contributed by atoms with van der Waals surface area (Å²) in [7, 11) is 3.18. The van der Waals surface area contributed by atoms with Gasteiger partial charge >= 0.3 is 5.69 Å². The zero-order valence-corrected chi connectivity index (χ0v) is 10.1. The van der Waals surface area contributed by atoms with Crippen molar-refractivity contribution >= 4 is 28.9 Å². The zero-order valence-electron chi connectivity index (χ0n) is 9.31. The number of aromatic nitrogens is 1. The summed E-state index contributed by atoms with van der Waals surface area (Å²) in [6.07, 6.45) is 2.35. The van der Waals surface area contributed by atoms with Gasteiger partial charge in [-0.3, -0.25) is 19.9 Å². The molecule has 8 heteroatoms. The average Bonchev–Trinajstić information content (AvgIpc) is 2.26. The van der Waals surface area contributed by atoms with E-state index >= 15 is 0 Å². The SMILES string of the molecule is CN(C)C(=O)CNc1c(Cl)cncc1[N+](=O)[O-]. The maximum atomic E-state index is 11.3. The molecule has 0 saturated carbocycles. The van der Waals surface area contributed by atoms with Crippen molar-refractivity contribution < 1.29 is 9.72 Å². The van der Waals surface area contributed by atoms with E-state index in [9.17, 15) is 14.9 Å². The van der Waals surface area contributed by atoms with Gasteiger partial charge in [0.25, 0.3) is 0 Å². The molecule has 0 aliphatic carbocycles. The molecule has 1 N–H and O–H groups in total. The van der Waals surface area contributed by atoms with Crippen LogP contribution in [-0.2, 0) is 4.79 Å². The molecular formula is C9H11ClN4O3. The van der Waals surface area contributed by atoms with E-state index in [0.29, 0.717) is 0 Å². The van der Waals surface area contributed by atoms with Gasteiger partial charge < -0.3 is 10.2 Å². The molecule has 0 fully saturated rings. The summed E-state index contributed by atoms with van der Waals surface area (Å²) in [5.41, 5.74) is -0.161. The van der Waals surface area contributed by atoms with E-state index in [4.69, 9.17) is 11.6 Å². The van der Waals surface area contributed by atoms with E-state index in [-0.39, 0.29) is 28.8 Å². The molecule has 0 atom stereocenters. The molecule has 0 spiro atoms. The second kappa shape index (κ2) is 5.44. The molecule has 0 aliphatic heterocycles. The van der Waals surface area contributed by atoms with Crippen molar-refractivity contribution in [1.82, 2.24) is 9.88 Å². The monoisotopic (exact) mass is 258 g/mol. The van der Waals surface area contributed by atoms with Gasteiger partial charge in [0.2, 0.25) is 5.91 Å². The molecule has 7 nitrogen and oxygen atoms in total. The second-order valence-electron chi connectivity index (χ2n) is 3.41. The normalized spacial score (nSPS) is 9.82. The third-order valence-electron chi connectivity index (χ3n) is 1.99. The summed E-state index contributed by atoms with van der Waals surface area (Å²) < 4.78 is 0. The lowest BCUT2D eigenvalue weighted by Gasteiger charge is -2.12. The molecule has 1 rings (SSSR count). The highest BCUT2D eigenvalue weighted by atomic mass is 35.5. The Labute approximate surface area is 103 Å². The molecule has 0 unspecified atom stereocenters. The third kappa shape index (κ3) is 3.28. The second-order valence-corrected chi connectivity index (χ2v) is 3.82. The van der Waals surface area contributed by atoms with Crippen LogP contribution in [0.5, 0.6) is 0 Å². The minimum atomic E-state index is -0.610. The van der Waals surface area contributed by atoms with Crippen LogP contribution in [0.1, 0.15) is 0 Å². The molecule has 0 bridgehead atoms. The van der Waals surface area contributed by atoms with Crippen molar-refractivity contribution in [1.29, 1.82) is 0 Å². The Bertz CT molecular complexity index is 450. The lowest BCUT2D eigenvalue weighted by atomic mass is 10.3. The minimum Gasteiger partial charge on any atom is -0.369 e. The predicted molar refractivity (Wildman–Crippen MR) is 63.1 cm³/mol. The molecule has 0 aliphatic rings. The summed E-state index contributed by atoms with van der Waals surface area (Å²) in [6, 6.07) is 0. The molecular weight excluding hydrogens is 248 g/mol. The Hall–Kier alpha value is -1.89. The van der Waals surface area contributed by atoms with E-state index < -0.39 is 4.92 Å². The van der Waals surface area contributed by atoms with Crippen LogP contribution in [0.3, 0.4) is 0 Å². The summed E-state index contributed by atoms with van der Waals surface area (Å²) in [6.45, 7) is -0.0719. The van der Waals surface area contributed by atoms with E-state index in [2.05, 4.69) is 10.3 Å². The molecule has 17 heavy (non-hydrogen) atoms. The van der Waals surface area contributed by atoms with Gasteiger partial charge in [-0.2, -0.15) is 0 Å². The number of pyridine rings is 1. The first-order valence-corrected chi connectivity index (χ1v) is 5.03. The lowest BCUT2D eigenvalue weighted by Crippen LogP contribution is -2.28. The first-order chi connectivity index (χ1) is 7.93. The van der Waals surface area contributed by atoms with Gasteiger partial charge in [-0.15, -0.1) is 0 Å². The van der Waals surface area contributed by atoms with Crippen LogP contribution in [0.2, 0.25) is 5.02 Å². The molecule has 1 heterocycles. The van der Waals surface area contributed by atoms with E-state index in [1.165, 1.54) is 11.1 Å². The molecule has 1 aromatic rings. The van der Waals surface area contributed by atoms with Crippen LogP contribution in [0.4, 0.5) is 11.4 Å². The Kier molecular flexibility index (Phi) is 4.22. The van der Waals surface area contributed by atoms with Crippen molar-refractivity contribution in [3.63, 3.8) is 0 Å². The van der Waals surface area contributed by atoms with Crippen LogP contribution in [0.25, 0.3) is 0 Å². The van der Waals surface area contributed by atoms with E-state index in [0.717, 1.165) is 6.20 Å². The van der Waals surface area contributed by atoms with Gasteiger partial charge in [-0.05, 0) is 0 Å². The van der Waals surface area contributed by atoms with E-state index in [1.807, 2.05) is 0 Å². The Morgan fingerprint density at radius 3 is 2.76 bits per heavy atom. The van der Waals surface area contributed by atoms with Crippen molar-refractivity contribution in [2.75, 3.05) is 26.0 Å². The minimum absolute atomic E-state index is 0.0719. The standard InChI is InChI=1S/C9H11ClN4O3/c1-13(2)8(15)5-12-9-6(10)3-11-4-7(9)14(16)17/h3-4H,5H2,1-2H3,(H,11,12). The van der Waals surface area contributed by atoms with Gasteiger partial charge in [0.15, 0.2) is 0 Å². The third-order valence-corrected chi connectivity index (χ3v) is 2.28. The number of nitrogens with one attached hydrogen (secondary N) is 1. The molecule has 0 radical (unpaired) electrons. The fourth-order valence-electron chi connectivity index (χ4n) is 1.06.